The minimum Gasteiger partial charge on any atom is -0.356 e. The molecule has 2 rings (SSSR count). The largest absolute Gasteiger partial charge is 0.356 e. The van der Waals surface area contributed by atoms with Gasteiger partial charge in [0.25, 0.3) is 0 Å². The SMILES string of the molecule is CCCCNC(=O)Cc1ccccc1Nc1c(Cl)cccc1Cl. The van der Waals surface area contributed by atoms with Gasteiger partial charge in [-0.25, -0.2) is 0 Å². The molecule has 2 N–H and O–H groups in total. The van der Waals surface area contributed by atoms with E-state index in [1.54, 1.807) is 18.2 Å². The molecule has 2 aromatic carbocycles. The van der Waals surface area contributed by atoms with Gasteiger partial charge in [0.05, 0.1) is 22.2 Å². The average molecular weight is 351 g/mol. The number of anilines is 2. The number of hydrogen-bond donors (Lipinski definition) is 2. The average Bonchev–Trinajstić information content (AvgIpc) is 2.53. The van der Waals surface area contributed by atoms with Crippen molar-refractivity contribution in [3.05, 3.63) is 58.1 Å². The van der Waals surface area contributed by atoms with E-state index in [0.717, 1.165) is 24.1 Å². The van der Waals surface area contributed by atoms with Gasteiger partial charge in [-0.05, 0) is 30.2 Å². The van der Waals surface area contributed by atoms with Gasteiger partial charge in [0.15, 0.2) is 0 Å². The second kappa shape index (κ2) is 8.80. The molecule has 0 heterocycles. The van der Waals surface area contributed by atoms with E-state index in [1.807, 2.05) is 24.3 Å². The number of para-hydroxylation sites is 2. The Morgan fingerprint density at radius 1 is 1.04 bits per heavy atom. The van der Waals surface area contributed by atoms with E-state index in [1.165, 1.54) is 0 Å². The third kappa shape index (κ3) is 5.15. The van der Waals surface area contributed by atoms with E-state index in [-0.39, 0.29) is 5.91 Å². The number of nitrogens with one attached hydrogen (secondary N) is 2. The zero-order valence-corrected chi connectivity index (χ0v) is 14.5. The lowest BCUT2D eigenvalue weighted by atomic mass is 10.1. The second-order valence-corrected chi connectivity index (χ2v) is 6.07. The number of benzene rings is 2. The number of halogens is 2. The van der Waals surface area contributed by atoms with Gasteiger partial charge in [-0.15, -0.1) is 0 Å². The van der Waals surface area contributed by atoms with Crippen LogP contribution in [0.2, 0.25) is 10.0 Å². The van der Waals surface area contributed by atoms with Crippen LogP contribution in [0.5, 0.6) is 0 Å². The lowest BCUT2D eigenvalue weighted by molar-refractivity contribution is -0.120. The summed E-state index contributed by atoms with van der Waals surface area (Å²) in [6.45, 7) is 2.81. The highest BCUT2D eigenvalue weighted by Gasteiger charge is 2.11. The van der Waals surface area contributed by atoms with Gasteiger partial charge < -0.3 is 10.6 Å². The van der Waals surface area contributed by atoms with Gasteiger partial charge in [0.2, 0.25) is 5.91 Å². The van der Waals surface area contributed by atoms with Crippen molar-refractivity contribution in [2.24, 2.45) is 0 Å². The third-order valence-electron chi connectivity index (χ3n) is 3.44. The zero-order valence-electron chi connectivity index (χ0n) is 13.0. The van der Waals surface area contributed by atoms with Gasteiger partial charge in [-0.1, -0.05) is 60.8 Å². The lowest BCUT2D eigenvalue weighted by Crippen LogP contribution is -2.26. The number of carbonyl (C=O) groups is 1. The molecule has 0 aliphatic rings. The van der Waals surface area contributed by atoms with Crippen LogP contribution < -0.4 is 10.6 Å². The minimum absolute atomic E-state index is 0.0120. The van der Waals surface area contributed by atoms with Crippen LogP contribution in [-0.4, -0.2) is 12.5 Å². The quantitative estimate of drug-likeness (QED) is 0.674. The number of amides is 1. The predicted octanol–water partition coefficient (Wildman–Crippen LogP) is 5.20. The number of unbranched alkanes of at least 4 members (excludes halogenated alkanes) is 1. The molecule has 0 aliphatic carbocycles. The van der Waals surface area contributed by atoms with E-state index in [2.05, 4.69) is 17.6 Å². The molecule has 2 aromatic rings. The Morgan fingerprint density at radius 3 is 2.43 bits per heavy atom. The van der Waals surface area contributed by atoms with Crippen LogP contribution in [0.15, 0.2) is 42.5 Å². The van der Waals surface area contributed by atoms with Gasteiger partial charge >= 0.3 is 0 Å². The van der Waals surface area contributed by atoms with Gasteiger partial charge in [-0.3, -0.25) is 4.79 Å². The molecule has 5 heteroatoms. The van der Waals surface area contributed by atoms with Crippen LogP contribution in [0.1, 0.15) is 25.3 Å². The highest BCUT2D eigenvalue weighted by Crippen LogP contribution is 2.33. The topological polar surface area (TPSA) is 41.1 Å². The maximum absolute atomic E-state index is 12.0. The summed E-state index contributed by atoms with van der Waals surface area (Å²) in [7, 11) is 0. The molecule has 0 saturated carbocycles. The smallest absolute Gasteiger partial charge is 0.224 e. The summed E-state index contributed by atoms with van der Waals surface area (Å²) in [5.41, 5.74) is 2.38. The summed E-state index contributed by atoms with van der Waals surface area (Å²) in [5.74, 6) is 0.0120. The number of carbonyl (C=O) groups excluding carboxylic acids is 1. The summed E-state index contributed by atoms with van der Waals surface area (Å²) in [4.78, 5) is 12.0. The Hall–Kier alpha value is -1.71. The summed E-state index contributed by atoms with van der Waals surface area (Å²) in [6.07, 6.45) is 2.36. The molecule has 0 spiro atoms. The molecule has 0 aromatic heterocycles. The van der Waals surface area contributed by atoms with Crippen LogP contribution in [0.3, 0.4) is 0 Å². The van der Waals surface area contributed by atoms with Crippen molar-refractivity contribution in [1.29, 1.82) is 0 Å². The molecule has 0 atom stereocenters. The maximum Gasteiger partial charge on any atom is 0.224 e. The Labute approximate surface area is 147 Å². The van der Waals surface area contributed by atoms with Crippen LogP contribution in [0, 0.1) is 0 Å². The highest BCUT2D eigenvalue weighted by molar-refractivity contribution is 6.39. The Kier molecular flexibility index (Phi) is 6.75. The summed E-state index contributed by atoms with van der Waals surface area (Å²) in [5, 5.41) is 7.25. The highest BCUT2D eigenvalue weighted by atomic mass is 35.5. The summed E-state index contributed by atoms with van der Waals surface area (Å²) in [6, 6.07) is 13.0. The molecular weight excluding hydrogens is 331 g/mol. The molecule has 0 unspecified atom stereocenters. The van der Waals surface area contributed by atoms with E-state index in [4.69, 9.17) is 23.2 Å². The lowest BCUT2D eigenvalue weighted by Gasteiger charge is -2.14. The Balaban J connectivity index is 2.13. The molecule has 1 amide bonds. The van der Waals surface area contributed by atoms with E-state index in [0.29, 0.717) is 28.7 Å². The van der Waals surface area contributed by atoms with Crippen LogP contribution in [0.4, 0.5) is 11.4 Å². The van der Waals surface area contributed by atoms with E-state index in [9.17, 15) is 4.79 Å². The first-order chi connectivity index (χ1) is 11.1. The van der Waals surface area contributed by atoms with E-state index >= 15 is 0 Å². The first-order valence-corrected chi connectivity index (χ1v) is 8.43. The fourth-order valence-corrected chi connectivity index (χ4v) is 2.68. The fourth-order valence-electron chi connectivity index (χ4n) is 2.19. The molecular formula is C18H20Cl2N2O. The van der Waals surface area contributed by atoms with Crippen molar-refractivity contribution in [3.8, 4) is 0 Å². The van der Waals surface area contributed by atoms with Gasteiger partial charge in [0, 0.05) is 12.2 Å². The normalized spacial score (nSPS) is 10.4. The van der Waals surface area contributed by atoms with Crippen molar-refractivity contribution < 1.29 is 4.79 Å². The molecule has 0 saturated heterocycles. The van der Waals surface area contributed by atoms with Gasteiger partial charge in [0.1, 0.15) is 0 Å². The Bertz CT molecular complexity index is 654. The fraction of sp³-hybridized carbons (Fsp3) is 0.278. The Morgan fingerprint density at radius 2 is 1.74 bits per heavy atom. The first kappa shape index (κ1) is 17.6. The van der Waals surface area contributed by atoms with Crippen molar-refractivity contribution in [1.82, 2.24) is 5.32 Å². The standard InChI is InChI=1S/C18H20Cl2N2O/c1-2-3-11-21-17(23)12-13-7-4-5-10-16(13)22-18-14(19)8-6-9-15(18)20/h4-10,22H,2-3,11-12H2,1H3,(H,21,23). The minimum atomic E-state index is 0.0120. The van der Waals surface area contributed by atoms with Crippen LogP contribution >= 0.6 is 23.2 Å². The molecule has 0 fully saturated rings. The van der Waals surface area contributed by atoms with Crippen molar-refractivity contribution in [2.75, 3.05) is 11.9 Å². The predicted molar refractivity (Wildman–Crippen MR) is 97.8 cm³/mol. The van der Waals surface area contributed by atoms with Gasteiger partial charge in [-0.2, -0.15) is 0 Å². The van der Waals surface area contributed by atoms with Crippen LogP contribution in [-0.2, 0) is 11.2 Å². The summed E-state index contributed by atoms with van der Waals surface area (Å²) < 4.78 is 0. The van der Waals surface area contributed by atoms with Crippen LogP contribution in [0.25, 0.3) is 0 Å². The summed E-state index contributed by atoms with van der Waals surface area (Å²) >= 11 is 12.4. The van der Waals surface area contributed by atoms with Crippen molar-refractivity contribution in [3.63, 3.8) is 0 Å². The maximum atomic E-state index is 12.0. The zero-order chi connectivity index (χ0) is 16.7. The second-order valence-electron chi connectivity index (χ2n) is 5.26. The first-order valence-electron chi connectivity index (χ1n) is 7.67. The van der Waals surface area contributed by atoms with Crippen molar-refractivity contribution >= 4 is 40.5 Å². The molecule has 23 heavy (non-hydrogen) atoms. The monoisotopic (exact) mass is 350 g/mol. The van der Waals surface area contributed by atoms with Crippen molar-refractivity contribution in [2.45, 2.75) is 26.2 Å². The molecule has 3 nitrogen and oxygen atoms in total. The molecule has 122 valence electrons. The van der Waals surface area contributed by atoms with E-state index < -0.39 is 0 Å². The molecule has 0 bridgehead atoms. The molecule has 0 radical (unpaired) electrons. The third-order valence-corrected chi connectivity index (χ3v) is 4.07. The number of rotatable bonds is 7. The number of hydrogen-bond acceptors (Lipinski definition) is 2. The molecule has 0 aliphatic heterocycles.